The first-order chi connectivity index (χ1) is 6.86. The van der Waals surface area contributed by atoms with Crippen LogP contribution in [0.5, 0.6) is 0 Å². The number of rotatable bonds is 8. The monoisotopic (exact) mass is 201 g/mol. The van der Waals surface area contributed by atoms with Crippen molar-refractivity contribution in [3.8, 4) is 0 Å². The molecule has 3 heteroatoms. The summed E-state index contributed by atoms with van der Waals surface area (Å²) in [7, 11) is 1.79. The highest BCUT2D eigenvalue weighted by Gasteiger charge is 2.27. The van der Waals surface area contributed by atoms with E-state index in [1.165, 1.54) is 12.8 Å². The van der Waals surface area contributed by atoms with Gasteiger partial charge in [-0.1, -0.05) is 13.3 Å². The fraction of sp³-hybridized carbons (Fsp3) is 1.00. The van der Waals surface area contributed by atoms with Crippen molar-refractivity contribution in [3.05, 3.63) is 0 Å². The second-order valence-corrected chi connectivity index (χ2v) is 3.95. The number of ether oxygens (including phenoxy) is 2. The molecule has 84 valence electrons. The summed E-state index contributed by atoms with van der Waals surface area (Å²) in [4.78, 5) is 0. The van der Waals surface area contributed by atoms with E-state index in [9.17, 15) is 0 Å². The summed E-state index contributed by atoms with van der Waals surface area (Å²) in [5, 5.41) is 3.46. The number of methoxy groups -OCH3 is 1. The summed E-state index contributed by atoms with van der Waals surface area (Å²) in [5.74, 6) is 0. The molecule has 0 unspecified atom stereocenters. The predicted octanol–water partition coefficient (Wildman–Crippen LogP) is 1.57. The van der Waals surface area contributed by atoms with Crippen LogP contribution in [0, 0.1) is 0 Å². The van der Waals surface area contributed by atoms with Crippen molar-refractivity contribution in [2.24, 2.45) is 0 Å². The van der Waals surface area contributed by atoms with Gasteiger partial charge < -0.3 is 14.8 Å². The third kappa shape index (κ3) is 4.40. The molecule has 14 heavy (non-hydrogen) atoms. The van der Waals surface area contributed by atoms with Crippen molar-refractivity contribution in [2.45, 2.75) is 44.8 Å². The molecule has 1 rings (SSSR count). The molecule has 0 amide bonds. The topological polar surface area (TPSA) is 30.5 Å². The summed E-state index contributed by atoms with van der Waals surface area (Å²) in [5.41, 5.74) is 0. The van der Waals surface area contributed by atoms with E-state index in [2.05, 4.69) is 12.2 Å². The highest BCUT2D eigenvalue weighted by Crippen LogP contribution is 2.21. The van der Waals surface area contributed by atoms with E-state index in [1.807, 2.05) is 0 Å². The van der Waals surface area contributed by atoms with E-state index in [0.717, 1.165) is 32.6 Å². The van der Waals surface area contributed by atoms with E-state index in [1.54, 1.807) is 7.11 Å². The van der Waals surface area contributed by atoms with Gasteiger partial charge in [0.2, 0.25) is 0 Å². The lowest BCUT2D eigenvalue weighted by atomic mass is 9.89. The second kappa shape index (κ2) is 7.21. The summed E-state index contributed by atoms with van der Waals surface area (Å²) in [6, 6.07) is 0.662. The highest BCUT2D eigenvalue weighted by molar-refractivity contribution is 4.85. The maximum absolute atomic E-state index is 5.45. The Labute approximate surface area is 87.2 Å². The van der Waals surface area contributed by atoms with Gasteiger partial charge in [0.15, 0.2) is 0 Å². The van der Waals surface area contributed by atoms with Crippen LogP contribution in [0.4, 0.5) is 0 Å². The van der Waals surface area contributed by atoms with Gasteiger partial charge in [0.05, 0.1) is 12.7 Å². The summed E-state index contributed by atoms with van der Waals surface area (Å²) in [6.07, 6.45) is 5.20. The zero-order chi connectivity index (χ0) is 10.2. The maximum atomic E-state index is 5.45. The van der Waals surface area contributed by atoms with Crippen molar-refractivity contribution in [3.63, 3.8) is 0 Å². The molecular weight excluding hydrogens is 178 g/mol. The van der Waals surface area contributed by atoms with Gasteiger partial charge >= 0.3 is 0 Å². The van der Waals surface area contributed by atoms with Crippen LogP contribution in [0.2, 0.25) is 0 Å². The molecule has 0 heterocycles. The first-order valence-corrected chi connectivity index (χ1v) is 5.70. The molecule has 0 aliphatic heterocycles. The van der Waals surface area contributed by atoms with Gasteiger partial charge in [-0.25, -0.2) is 0 Å². The number of hydrogen-bond donors (Lipinski definition) is 1. The standard InChI is InChI=1S/C11H23NO2/c1-3-4-6-14-7-5-12-10-8-11(9-10)13-2/h10-12H,3-9H2,1-2H3. The first kappa shape index (κ1) is 12.0. The Balaban J connectivity index is 1.77. The third-order valence-electron chi connectivity index (χ3n) is 2.75. The zero-order valence-electron chi connectivity index (χ0n) is 9.42. The Hall–Kier alpha value is -0.120. The van der Waals surface area contributed by atoms with Crippen molar-refractivity contribution in [1.82, 2.24) is 5.32 Å². The van der Waals surface area contributed by atoms with Crippen LogP contribution >= 0.6 is 0 Å². The second-order valence-electron chi connectivity index (χ2n) is 3.95. The molecule has 1 aliphatic carbocycles. The lowest BCUT2D eigenvalue weighted by molar-refractivity contribution is 0.0148. The first-order valence-electron chi connectivity index (χ1n) is 5.70. The lowest BCUT2D eigenvalue weighted by Crippen LogP contribution is -2.46. The minimum Gasteiger partial charge on any atom is -0.381 e. The SMILES string of the molecule is CCCCOCCNC1CC(OC)C1. The number of hydrogen-bond acceptors (Lipinski definition) is 3. The zero-order valence-corrected chi connectivity index (χ0v) is 9.42. The molecule has 1 N–H and O–H groups in total. The van der Waals surface area contributed by atoms with Crippen LogP contribution in [0.3, 0.4) is 0 Å². The van der Waals surface area contributed by atoms with Gasteiger partial charge in [-0.15, -0.1) is 0 Å². The Morgan fingerprint density at radius 1 is 1.29 bits per heavy atom. The van der Waals surface area contributed by atoms with E-state index >= 15 is 0 Å². The maximum Gasteiger partial charge on any atom is 0.0601 e. The summed E-state index contributed by atoms with van der Waals surface area (Å²) < 4.78 is 10.7. The van der Waals surface area contributed by atoms with Crippen molar-refractivity contribution < 1.29 is 9.47 Å². The molecule has 0 radical (unpaired) electrons. The fourth-order valence-corrected chi connectivity index (χ4v) is 1.61. The summed E-state index contributed by atoms with van der Waals surface area (Å²) >= 11 is 0. The van der Waals surface area contributed by atoms with Gasteiger partial charge in [-0.2, -0.15) is 0 Å². The van der Waals surface area contributed by atoms with Crippen molar-refractivity contribution in [2.75, 3.05) is 26.9 Å². The minimum atomic E-state index is 0.494. The molecule has 0 aromatic carbocycles. The highest BCUT2D eigenvalue weighted by atomic mass is 16.5. The van der Waals surface area contributed by atoms with Gasteiger partial charge in [-0.3, -0.25) is 0 Å². The van der Waals surface area contributed by atoms with E-state index < -0.39 is 0 Å². The van der Waals surface area contributed by atoms with Gasteiger partial charge in [0.25, 0.3) is 0 Å². The minimum absolute atomic E-state index is 0.494. The molecule has 0 aromatic heterocycles. The molecule has 0 atom stereocenters. The Morgan fingerprint density at radius 2 is 2.07 bits per heavy atom. The van der Waals surface area contributed by atoms with Crippen LogP contribution in [-0.4, -0.2) is 39.0 Å². The van der Waals surface area contributed by atoms with Crippen LogP contribution in [0.1, 0.15) is 32.6 Å². The van der Waals surface area contributed by atoms with Gasteiger partial charge in [-0.05, 0) is 19.3 Å². The average molecular weight is 201 g/mol. The third-order valence-corrected chi connectivity index (χ3v) is 2.75. The predicted molar refractivity (Wildman–Crippen MR) is 57.5 cm³/mol. The number of unbranched alkanes of at least 4 members (excludes halogenated alkanes) is 1. The molecule has 1 saturated carbocycles. The van der Waals surface area contributed by atoms with Crippen LogP contribution in [0.25, 0.3) is 0 Å². The van der Waals surface area contributed by atoms with Crippen molar-refractivity contribution >= 4 is 0 Å². The molecule has 1 aliphatic rings. The normalized spacial score (nSPS) is 26.1. The van der Waals surface area contributed by atoms with Crippen LogP contribution in [0.15, 0.2) is 0 Å². The van der Waals surface area contributed by atoms with E-state index in [0.29, 0.717) is 12.1 Å². The summed E-state index contributed by atoms with van der Waals surface area (Å²) in [6.45, 7) is 4.91. The quantitative estimate of drug-likeness (QED) is 0.605. The largest absolute Gasteiger partial charge is 0.381 e. The molecule has 0 saturated heterocycles. The Morgan fingerprint density at radius 3 is 2.71 bits per heavy atom. The van der Waals surface area contributed by atoms with E-state index in [4.69, 9.17) is 9.47 Å². The Bertz CT molecular complexity index is 135. The molecule has 0 aromatic rings. The van der Waals surface area contributed by atoms with Crippen LogP contribution < -0.4 is 5.32 Å². The molecule has 0 spiro atoms. The molecule has 0 bridgehead atoms. The Kier molecular flexibility index (Phi) is 6.15. The smallest absolute Gasteiger partial charge is 0.0601 e. The van der Waals surface area contributed by atoms with Gasteiger partial charge in [0.1, 0.15) is 0 Å². The van der Waals surface area contributed by atoms with E-state index in [-0.39, 0.29) is 0 Å². The van der Waals surface area contributed by atoms with Crippen molar-refractivity contribution in [1.29, 1.82) is 0 Å². The number of nitrogens with one attached hydrogen (secondary N) is 1. The molecular formula is C11H23NO2. The molecule has 1 fully saturated rings. The van der Waals surface area contributed by atoms with Crippen LogP contribution in [-0.2, 0) is 9.47 Å². The fourth-order valence-electron chi connectivity index (χ4n) is 1.61. The lowest BCUT2D eigenvalue weighted by Gasteiger charge is -2.34. The van der Waals surface area contributed by atoms with Gasteiger partial charge in [0, 0.05) is 26.3 Å². The average Bonchev–Trinajstić information content (AvgIpc) is 2.14. The molecule has 3 nitrogen and oxygen atoms in total.